The van der Waals surface area contributed by atoms with Crippen LogP contribution >= 0.6 is 0 Å². The van der Waals surface area contributed by atoms with E-state index in [0.29, 0.717) is 25.4 Å². The van der Waals surface area contributed by atoms with Gasteiger partial charge in [0, 0.05) is 24.7 Å². The van der Waals surface area contributed by atoms with Gasteiger partial charge in [-0.25, -0.2) is 4.79 Å². The second-order valence-electron chi connectivity index (χ2n) is 8.55. The van der Waals surface area contributed by atoms with E-state index in [-0.39, 0.29) is 35.2 Å². The molecule has 3 N–H and O–H groups in total. The van der Waals surface area contributed by atoms with Gasteiger partial charge in [0.2, 0.25) is 5.91 Å². The van der Waals surface area contributed by atoms with E-state index in [1.54, 1.807) is 6.92 Å². The van der Waals surface area contributed by atoms with Crippen LogP contribution in [0.4, 0.5) is 0 Å². The Hall–Kier alpha value is -1.70. The SMILES string of the molecule is C/C=C(C(N)=O)\C(C(=O)O)=C(/C1CC1)[C@@H]1O[C@H](COCCCC)[C@@H](OCCCC)[C@@H]1C. The van der Waals surface area contributed by atoms with Crippen LogP contribution in [0, 0.1) is 11.8 Å². The minimum atomic E-state index is -1.14. The van der Waals surface area contributed by atoms with Gasteiger partial charge in [-0.2, -0.15) is 0 Å². The number of carbonyl (C=O) groups is 2. The third-order valence-electron chi connectivity index (χ3n) is 6.07. The molecule has 1 aliphatic carbocycles. The highest BCUT2D eigenvalue weighted by molar-refractivity contribution is 6.08. The van der Waals surface area contributed by atoms with E-state index >= 15 is 0 Å². The Morgan fingerprint density at radius 3 is 2.32 bits per heavy atom. The molecule has 2 rings (SSSR count). The van der Waals surface area contributed by atoms with Crippen LogP contribution in [0.5, 0.6) is 0 Å². The van der Waals surface area contributed by atoms with E-state index in [1.165, 1.54) is 6.08 Å². The molecule has 7 nitrogen and oxygen atoms in total. The van der Waals surface area contributed by atoms with Crippen molar-refractivity contribution in [1.29, 1.82) is 0 Å². The second-order valence-corrected chi connectivity index (χ2v) is 8.55. The number of carboxylic acid groups (broad SMARTS) is 1. The largest absolute Gasteiger partial charge is 0.478 e. The Morgan fingerprint density at radius 1 is 1.16 bits per heavy atom. The maximum Gasteiger partial charge on any atom is 0.336 e. The van der Waals surface area contributed by atoms with Gasteiger partial charge in [-0.15, -0.1) is 0 Å². The van der Waals surface area contributed by atoms with Crippen molar-refractivity contribution in [3.8, 4) is 0 Å². The zero-order valence-electron chi connectivity index (χ0n) is 19.4. The van der Waals surface area contributed by atoms with Gasteiger partial charge < -0.3 is 25.1 Å². The van der Waals surface area contributed by atoms with E-state index in [4.69, 9.17) is 19.9 Å². The number of aliphatic carboxylic acids is 1. The molecule has 176 valence electrons. The Morgan fingerprint density at radius 2 is 1.81 bits per heavy atom. The summed E-state index contributed by atoms with van der Waals surface area (Å²) < 4.78 is 18.5. The summed E-state index contributed by atoms with van der Waals surface area (Å²) in [6.45, 7) is 9.59. The Kier molecular flexibility index (Phi) is 10.2. The third kappa shape index (κ3) is 6.64. The highest BCUT2D eigenvalue weighted by atomic mass is 16.6. The fraction of sp³-hybridized carbons (Fsp3) is 0.750. The predicted molar refractivity (Wildman–Crippen MR) is 119 cm³/mol. The van der Waals surface area contributed by atoms with Gasteiger partial charge in [0.25, 0.3) is 0 Å². The number of hydrogen-bond acceptors (Lipinski definition) is 5. The molecule has 1 saturated heterocycles. The summed E-state index contributed by atoms with van der Waals surface area (Å²) in [6, 6.07) is 0. The molecule has 31 heavy (non-hydrogen) atoms. The monoisotopic (exact) mass is 437 g/mol. The molecule has 0 spiro atoms. The number of carboxylic acids is 1. The quantitative estimate of drug-likeness (QED) is 0.244. The molecule has 1 saturated carbocycles. The van der Waals surface area contributed by atoms with E-state index in [1.807, 2.05) is 6.92 Å². The second kappa shape index (κ2) is 12.4. The first-order chi connectivity index (χ1) is 14.9. The summed E-state index contributed by atoms with van der Waals surface area (Å²) in [5.41, 5.74) is 6.22. The number of rotatable bonds is 14. The first-order valence-corrected chi connectivity index (χ1v) is 11.7. The minimum Gasteiger partial charge on any atom is -0.478 e. The van der Waals surface area contributed by atoms with Gasteiger partial charge in [0.15, 0.2) is 0 Å². The summed E-state index contributed by atoms with van der Waals surface area (Å²) >= 11 is 0. The number of primary amides is 1. The van der Waals surface area contributed by atoms with Crippen LogP contribution in [-0.2, 0) is 23.8 Å². The molecule has 0 radical (unpaired) electrons. The third-order valence-corrected chi connectivity index (χ3v) is 6.07. The fourth-order valence-corrected chi connectivity index (χ4v) is 4.24. The van der Waals surface area contributed by atoms with Gasteiger partial charge >= 0.3 is 5.97 Å². The molecular formula is C24H39NO6. The lowest BCUT2D eigenvalue weighted by Gasteiger charge is -2.24. The maximum absolute atomic E-state index is 12.2. The first kappa shape index (κ1) is 25.6. The number of allylic oxidation sites excluding steroid dienone is 1. The maximum atomic E-state index is 12.2. The molecule has 0 bridgehead atoms. The molecule has 2 aliphatic rings. The average Bonchev–Trinajstić information content (AvgIpc) is 3.51. The Labute approximate surface area is 186 Å². The van der Waals surface area contributed by atoms with Gasteiger partial charge in [0.1, 0.15) is 6.10 Å². The number of amides is 1. The van der Waals surface area contributed by atoms with Crippen LogP contribution in [0.1, 0.15) is 66.2 Å². The minimum absolute atomic E-state index is 0.00536. The van der Waals surface area contributed by atoms with Crippen molar-refractivity contribution in [2.75, 3.05) is 19.8 Å². The van der Waals surface area contributed by atoms with Gasteiger partial charge in [0.05, 0.1) is 24.4 Å². The molecule has 1 heterocycles. The molecule has 0 aromatic rings. The zero-order valence-corrected chi connectivity index (χ0v) is 19.4. The lowest BCUT2D eigenvalue weighted by molar-refractivity contribution is -0.133. The lowest BCUT2D eigenvalue weighted by Crippen LogP contribution is -2.33. The van der Waals surface area contributed by atoms with Crippen molar-refractivity contribution in [2.24, 2.45) is 17.6 Å². The number of nitrogens with two attached hydrogens (primary N) is 1. The molecule has 1 amide bonds. The van der Waals surface area contributed by atoms with E-state index in [0.717, 1.165) is 38.5 Å². The van der Waals surface area contributed by atoms with E-state index in [2.05, 4.69) is 13.8 Å². The first-order valence-electron chi connectivity index (χ1n) is 11.7. The predicted octanol–water partition coefficient (Wildman–Crippen LogP) is 3.61. The van der Waals surface area contributed by atoms with Crippen molar-refractivity contribution in [3.63, 3.8) is 0 Å². The summed E-state index contributed by atoms with van der Waals surface area (Å²) in [4.78, 5) is 24.2. The number of ether oxygens (including phenoxy) is 3. The van der Waals surface area contributed by atoms with Crippen molar-refractivity contribution >= 4 is 11.9 Å². The van der Waals surface area contributed by atoms with Crippen molar-refractivity contribution in [1.82, 2.24) is 0 Å². The van der Waals surface area contributed by atoms with Crippen molar-refractivity contribution in [2.45, 2.75) is 84.5 Å². The summed E-state index contributed by atoms with van der Waals surface area (Å²) in [5.74, 6) is -1.86. The van der Waals surface area contributed by atoms with Gasteiger partial charge in [-0.05, 0) is 44.1 Å². The molecule has 7 heteroatoms. The Bertz CT molecular complexity index is 682. The molecule has 1 aliphatic heterocycles. The van der Waals surface area contributed by atoms with E-state index < -0.39 is 18.0 Å². The van der Waals surface area contributed by atoms with Gasteiger partial charge in [-0.1, -0.05) is 39.7 Å². The van der Waals surface area contributed by atoms with E-state index in [9.17, 15) is 14.7 Å². The molecule has 0 aromatic carbocycles. The van der Waals surface area contributed by atoms with Crippen LogP contribution in [-0.4, -0.2) is 55.1 Å². The van der Waals surface area contributed by atoms with Crippen LogP contribution < -0.4 is 5.73 Å². The van der Waals surface area contributed by atoms with Crippen LogP contribution in [0.25, 0.3) is 0 Å². The molecule has 2 fully saturated rings. The molecular weight excluding hydrogens is 398 g/mol. The highest BCUT2D eigenvalue weighted by Gasteiger charge is 2.49. The summed E-state index contributed by atoms with van der Waals surface area (Å²) in [5, 5.41) is 10.0. The fourth-order valence-electron chi connectivity index (χ4n) is 4.24. The number of unbranched alkanes of at least 4 members (excludes halogenated alkanes) is 2. The molecule has 0 aromatic heterocycles. The average molecular weight is 438 g/mol. The normalized spacial score (nSPS) is 27.3. The summed E-state index contributed by atoms with van der Waals surface area (Å²) in [6.07, 6.45) is 6.35. The molecule has 4 atom stereocenters. The zero-order chi connectivity index (χ0) is 23.0. The molecule has 0 unspecified atom stereocenters. The van der Waals surface area contributed by atoms with Crippen LogP contribution in [0.15, 0.2) is 22.8 Å². The number of hydrogen-bond donors (Lipinski definition) is 2. The van der Waals surface area contributed by atoms with Crippen molar-refractivity contribution < 1.29 is 28.9 Å². The van der Waals surface area contributed by atoms with Crippen molar-refractivity contribution in [3.05, 3.63) is 22.8 Å². The number of carbonyl (C=O) groups excluding carboxylic acids is 1. The Balaban J connectivity index is 2.36. The summed E-state index contributed by atoms with van der Waals surface area (Å²) in [7, 11) is 0. The smallest absolute Gasteiger partial charge is 0.336 e. The lowest BCUT2D eigenvalue weighted by atomic mass is 9.85. The topological polar surface area (TPSA) is 108 Å². The van der Waals surface area contributed by atoms with Crippen LogP contribution in [0.2, 0.25) is 0 Å². The van der Waals surface area contributed by atoms with Crippen LogP contribution in [0.3, 0.4) is 0 Å². The standard InChI is InChI=1S/C24H39NO6/c1-5-8-12-29-14-18-21(30-13-9-6-2)15(4)22(31-18)19(16-10-11-16)20(24(27)28)17(7-3)23(25)26/h7,15-16,18,21-22H,5-6,8-14H2,1-4H3,(H2,25,26)(H,27,28)/b17-7+,20-19-/t15-,18+,21-,22+/m0/s1. The highest BCUT2D eigenvalue weighted by Crippen LogP contribution is 2.47. The van der Waals surface area contributed by atoms with Gasteiger partial charge in [-0.3, -0.25) is 4.79 Å².